The van der Waals surface area contributed by atoms with Crippen molar-refractivity contribution >= 4 is 0 Å². The molecule has 1 heterocycles. The zero-order valence-electron chi connectivity index (χ0n) is 12.7. The molecular weight excluding hydrogens is 234 g/mol. The smallest absolute Gasteiger partial charge is 0.0689 e. The zero-order valence-corrected chi connectivity index (χ0v) is 12.7. The molecule has 1 aliphatic carbocycles. The van der Waals surface area contributed by atoms with E-state index in [4.69, 9.17) is 4.74 Å². The Balaban J connectivity index is 1.75. The standard InChI is InChI=1S/C17H29NO/c1-14(2)15-7-10-17(13-18,11-8-15)9-3-5-16-6-4-12-19-16/h14-16H,3-12H2,1-2H3. The van der Waals surface area contributed by atoms with Crippen molar-refractivity contribution in [3.05, 3.63) is 0 Å². The predicted molar refractivity (Wildman–Crippen MR) is 77.7 cm³/mol. The first kappa shape index (κ1) is 14.9. The Kier molecular flexibility index (Phi) is 5.28. The molecule has 1 saturated carbocycles. The lowest BCUT2D eigenvalue weighted by atomic mass is 9.66. The normalized spacial score (nSPS) is 35.5. The van der Waals surface area contributed by atoms with E-state index in [1.165, 1.54) is 32.1 Å². The first-order valence-electron chi connectivity index (χ1n) is 8.18. The van der Waals surface area contributed by atoms with Gasteiger partial charge in [-0.2, -0.15) is 5.26 Å². The highest BCUT2D eigenvalue weighted by atomic mass is 16.5. The van der Waals surface area contributed by atoms with Gasteiger partial charge in [0.05, 0.1) is 17.6 Å². The molecule has 1 saturated heterocycles. The van der Waals surface area contributed by atoms with Crippen molar-refractivity contribution in [3.8, 4) is 6.07 Å². The van der Waals surface area contributed by atoms with Gasteiger partial charge in [0.2, 0.25) is 0 Å². The fraction of sp³-hybridized carbons (Fsp3) is 0.941. The van der Waals surface area contributed by atoms with Crippen molar-refractivity contribution in [3.63, 3.8) is 0 Å². The molecule has 0 radical (unpaired) electrons. The monoisotopic (exact) mass is 263 g/mol. The first-order chi connectivity index (χ1) is 9.15. The number of rotatable bonds is 5. The van der Waals surface area contributed by atoms with E-state index in [1.54, 1.807) is 0 Å². The summed E-state index contributed by atoms with van der Waals surface area (Å²) in [6, 6.07) is 2.66. The maximum Gasteiger partial charge on any atom is 0.0689 e. The highest BCUT2D eigenvalue weighted by Gasteiger charge is 2.36. The molecule has 0 amide bonds. The average Bonchev–Trinajstić information content (AvgIpc) is 2.92. The quantitative estimate of drug-likeness (QED) is 0.720. The summed E-state index contributed by atoms with van der Waals surface area (Å²) in [7, 11) is 0. The van der Waals surface area contributed by atoms with Gasteiger partial charge in [-0.15, -0.1) is 0 Å². The van der Waals surface area contributed by atoms with Crippen LogP contribution in [0.4, 0.5) is 0 Å². The highest BCUT2D eigenvalue weighted by molar-refractivity contribution is 5.01. The van der Waals surface area contributed by atoms with E-state index < -0.39 is 0 Å². The van der Waals surface area contributed by atoms with Gasteiger partial charge >= 0.3 is 0 Å². The van der Waals surface area contributed by atoms with Crippen molar-refractivity contribution in [1.29, 1.82) is 5.26 Å². The molecule has 1 aliphatic heterocycles. The summed E-state index contributed by atoms with van der Waals surface area (Å²) in [5.74, 6) is 1.63. The molecule has 2 fully saturated rings. The second-order valence-corrected chi connectivity index (χ2v) is 7.00. The summed E-state index contributed by atoms with van der Waals surface area (Å²) in [4.78, 5) is 0. The summed E-state index contributed by atoms with van der Waals surface area (Å²) in [6.45, 7) is 5.59. The number of nitriles is 1. The highest BCUT2D eigenvalue weighted by Crippen LogP contribution is 2.44. The summed E-state index contributed by atoms with van der Waals surface area (Å²) in [6.07, 6.45) is 11.1. The predicted octanol–water partition coefficient (Wildman–Crippen LogP) is 4.69. The Bertz CT molecular complexity index is 304. The Hall–Kier alpha value is -0.550. The molecule has 0 aromatic carbocycles. The van der Waals surface area contributed by atoms with Crippen LogP contribution in [0.5, 0.6) is 0 Å². The number of ether oxygens (including phenoxy) is 1. The molecule has 2 nitrogen and oxygen atoms in total. The van der Waals surface area contributed by atoms with Crippen LogP contribution >= 0.6 is 0 Å². The molecule has 1 unspecified atom stereocenters. The molecule has 0 spiro atoms. The lowest BCUT2D eigenvalue weighted by molar-refractivity contribution is 0.0950. The molecule has 19 heavy (non-hydrogen) atoms. The van der Waals surface area contributed by atoms with Crippen molar-refractivity contribution in [2.75, 3.05) is 6.61 Å². The Morgan fingerprint density at radius 1 is 1.26 bits per heavy atom. The van der Waals surface area contributed by atoms with Gasteiger partial charge < -0.3 is 4.74 Å². The van der Waals surface area contributed by atoms with E-state index >= 15 is 0 Å². The van der Waals surface area contributed by atoms with Crippen LogP contribution in [0, 0.1) is 28.6 Å². The van der Waals surface area contributed by atoms with Crippen LogP contribution in [0.1, 0.15) is 71.6 Å². The third-order valence-electron chi connectivity index (χ3n) is 5.37. The molecule has 0 N–H and O–H groups in total. The number of hydrogen-bond donors (Lipinski definition) is 0. The summed E-state index contributed by atoms with van der Waals surface area (Å²) in [5, 5.41) is 9.58. The first-order valence-corrected chi connectivity index (χ1v) is 8.18. The molecule has 0 aromatic rings. The molecule has 0 aromatic heterocycles. The Morgan fingerprint density at radius 3 is 2.53 bits per heavy atom. The van der Waals surface area contributed by atoms with Crippen molar-refractivity contribution in [2.24, 2.45) is 17.3 Å². The topological polar surface area (TPSA) is 33.0 Å². The van der Waals surface area contributed by atoms with Crippen LogP contribution in [-0.4, -0.2) is 12.7 Å². The minimum absolute atomic E-state index is 0.00993. The van der Waals surface area contributed by atoms with Crippen LogP contribution in [0.3, 0.4) is 0 Å². The van der Waals surface area contributed by atoms with Gasteiger partial charge in [0.25, 0.3) is 0 Å². The van der Waals surface area contributed by atoms with Crippen LogP contribution < -0.4 is 0 Å². The largest absolute Gasteiger partial charge is 0.378 e. The van der Waals surface area contributed by atoms with Crippen molar-refractivity contribution < 1.29 is 4.74 Å². The van der Waals surface area contributed by atoms with Gasteiger partial charge in [-0.05, 0) is 69.6 Å². The lowest BCUT2D eigenvalue weighted by Gasteiger charge is -2.36. The average molecular weight is 263 g/mol. The molecular formula is C17H29NO. The van der Waals surface area contributed by atoms with Crippen LogP contribution in [0.2, 0.25) is 0 Å². The van der Waals surface area contributed by atoms with E-state index in [0.29, 0.717) is 6.10 Å². The Labute approximate surface area is 118 Å². The maximum absolute atomic E-state index is 9.58. The Morgan fingerprint density at radius 2 is 2.00 bits per heavy atom. The molecule has 2 rings (SSSR count). The van der Waals surface area contributed by atoms with E-state index in [0.717, 1.165) is 44.1 Å². The van der Waals surface area contributed by atoms with E-state index in [9.17, 15) is 5.26 Å². The van der Waals surface area contributed by atoms with E-state index in [2.05, 4.69) is 19.9 Å². The molecule has 2 heteroatoms. The lowest BCUT2D eigenvalue weighted by Crippen LogP contribution is -2.28. The number of nitrogens with zero attached hydrogens (tertiary/aromatic N) is 1. The minimum Gasteiger partial charge on any atom is -0.378 e. The van der Waals surface area contributed by atoms with Crippen molar-refractivity contribution in [2.45, 2.75) is 77.7 Å². The second-order valence-electron chi connectivity index (χ2n) is 7.00. The third-order valence-corrected chi connectivity index (χ3v) is 5.37. The van der Waals surface area contributed by atoms with Crippen LogP contribution in [0.15, 0.2) is 0 Å². The maximum atomic E-state index is 9.58. The van der Waals surface area contributed by atoms with Gasteiger partial charge in [-0.1, -0.05) is 13.8 Å². The summed E-state index contributed by atoms with van der Waals surface area (Å²) < 4.78 is 5.67. The second kappa shape index (κ2) is 6.75. The number of hydrogen-bond acceptors (Lipinski definition) is 2. The van der Waals surface area contributed by atoms with Gasteiger partial charge in [0.1, 0.15) is 0 Å². The minimum atomic E-state index is -0.00993. The fourth-order valence-electron chi connectivity index (χ4n) is 3.82. The van der Waals surface area contributed by atoms with E-state index in [1.807, 2.05) is 0 Å². The molecule has 1 atom stereocenters. The zero-order chi connectivity index (χ0) is 13.7. The van der Waals surface area contributed by atoms with Gasteiger partial charge in [-0.3, -0.25) is 0 Å². The molecule has 0 bridgehead atoms. The van der Waals surface area contributed by atoms with E-state index in [-0.39, 0.29) is 5.41 Å². The van der Waals surface area contributed by atoms with Gasteiger partial charge in [0, 0.05) is 6.61 Å². The molecule has 108 valence electrons. The summed E-state index contributed by atoms with van der Waals surface area (Å²) >= 11 is 0. The van der Waals surface area contributed by atoms with Crippen LogP contribution in [0.25, 0.3) is 0 Å². The molecule has 2 aliphatic rings. The summed E-state index contributed by atoms with van der Waals surface area (Å²) in [5.41, 5.74) is -0.00993. The fourth-order valence-corrected chi connectivity index (χ4v) is 3.82. The van der Waals surface area contributed by atoms with Crippen molar-refractivity contribution in [1.82, 2.24) is 0 Å². The van der Waals surface area contributed by atoms with Gasteiger partial charge in [0.15, 0.2) is 0 Å². The van der Waals surface area contributed by atoms with Gasteiger partial charge in [-0.25, -0.2) is 0 Å². The third kappa shape index (κ3) is 3.96. The SMILES string of the molecule is CC(C)C1CCC(C#N)(CCCC2CCCO2)CC1. The van der Waals surface area contributed by atoms with Crippen LogP contribution in [-0.2, 0) is 4.74 Å².